The van der Waals surface area contributed by atoms with E-state index in [1.54, 1.807) is 12.3 Å². The van der Waals surface area contributed by atoms with Crippen LogP contribution in [-0.2, 0) is 17.8 Å². The van der Waals surface area contributed by atoms with Gasteiger partial charge in [0.25, 0.3) is 0 Å². The first kappa shape index (κ1) is 24.4. The van der Waals surface area contributed by atoms with Crippen LogP contribution in [0.25, 0.3) is 0 Å². The molecule has 0 saturated carbocycles. The molecule has 6 heteroatoms. The summed E-state index contributed by atoms with van der Waals surface area (Å²) in [6.45, 7) is 17.8. The fourth-order valence-corrected chi connectivity index (χ4v) is 3.34. The fourth-order valence-electron chi connectivity index (χ4n) is 3.34. The minimum atomic E-state index is 0.692. The van der Waals surface area contributed by atoms with Crippen LogP contribution in [0, 0.1) is 0 Å². The van der Waals surface area contributed by atoms with Gasteiger partial charge < -0.3 is 20.7 Å². The number of nitrogens with one attached hydrogen (secondary N) is 3. The Morgan fingerprint density at radius 1 is 1.00 bits per heavy atom. The molecule has 0 amide bonds. The van der Waals surface area contributed by atoms with Gasteiger partial charge in [0.05, 0.1) is 5.71 Å². The van der Waals surface area contributed by atoms with E-state index in [1.165, 1.54) is 11.1 Å². The highest BCUT2D eigenvalue weighted by Crippen LogP contribution is 2.08. The van der Waals surface area contributed by atoms with Gasteiger partial charge >= 0.3 is 0 Å². The lowest BCUT2D eigenvalue weighted by atomic mass is 10.1. The van der Waals surface area contributed by atoms with Gasteiger partial charge in [0.15, 0.2) is 0 Å². The van der Waals surface area contributed by atoms with Crippen LogP contribution in [0.1, 0.15) is 24.0 Å². The maximum absolute atomic E-state index is 5.63. The maximum atomic E-state index is 5.63. The summed E-state index contributed by atoms with van der Waals surface area (Å²) in [6.07, 6.45) is 5.47. The summed E-state index contributed by atoms with van der Waals surface area (Å²) in [4.78, 5) is 6.70. The van der Waals surface area contributed by atoms with Crippen LogP contribution in [-0.4, -0.2) is 69.6 Å². The molecule has 1 heterocycles. The quantitative estimate of drug-likeness (QED) is 0.571. The Labute approximate surface area is 182 Å². The van der Waals surface area contributed by atoms with Crippen molar-refractivity contribution in [1.82, 2.24) is 20.9 Å². The van der Waals surface area contributed by atoms with Crippen LogP contribution in [0.3, 0.4) is 0 Å². The molecule has 1 aromatic rings. The lowest BCUT2D eigenvalue weighted by Crippen LogP contribution is -2.37. The average molecular weight is 414 g/mol. The van der Waals surface area contributed by atoms with Crippen molar-refractivity contribution in [3.05, 3.63) is 60.8 Å². The number of benzene rings is 1. The number of nitrogens with zero attached hydrogens (tertiary/aromatic N) is 2. The minimum Gasteiger partial charge on any atom is -0.381 e. The summed E-state index contributed by atoms with van der Waals surface area (Å²) in [6, 6.07) is 8.90. The highest BCUT2D eigenvalue weighted by atomic mass is 16.5. The first-order valence-corrected chi connectivity index (χ1v) is 11.1. The minimum absolute atomic E-state index is 0.692. The van der Waals surface area contributed by atoms with Crippen molar-refractivity contribution in [3.63, 3.8) is 0 Å². The van der Waals surface area contributed by atoms with Gasteiger partial charge in [0, 0.05) is 65.2 Å². The summed E-state index contributed by atoms with van der Waals surface area (Å²) in [7, 11) is 0. The zero-order valence-electron chi connectivity index (χ0n) is 18.4. The van der Waals surface area contributed by atoms with Gasteiger partial charge in [-0.2, -0.15) is 0 Å². The first-order chi connectivity index (χ1) is 14.8. The molecule has 30 heavy (non-hydrogen) atoms. The van der Waals surface area contributed by atoms with Crippen LogP contribution < -0.4 is 16.0 Å². The molecule has 0 bridgehead atoms. The molecular formula is C24H39N5O. The van der Waals surface area contributed by atoms with E-state index < -0.39 is 0 Å². The molecule has 1 aliphatic heterocycles. The van der Waals surface area contributed by atoms with Gasteiger partial charge in [0.2, 0.25) is 0 Å². The van der Waals surface area contributed by atoms with Crippen LogP contribution >= 0.6 is 0 Å². The maximum Gasteiger partial charge on any atom is 0.0535 e. The van der Waals surface area contributed by atoms with Gasteiger partial charge in [-0.05, 0) is 43.1 Å². The summed E-state index contributed by atoms with van der Waals surface area (Å²) >= 11 is 0. The third-order valence-corrected chi connectivity index (χ3v) is 5.05. The number of rotatable bonds is 8. The number of ether oxygens (including phenoxy) is 1. The highest BCUT2D eigenvalue weighted by Gasteiger charge is 2.07. The zero-order valence-corrected chi connectivity index (χ0v) is 18.4. The summed E-state index contributed by atoms with van der Waals surface area (Å²) < 4.78 is 5.63. The highest BCUT2D eigenvalue weighted by molar-refractivity contribution is 5.96. The Balaban J connectivity index is 1.79. The van der Waals surface area contributed by atoms with Gasteiger partial charge in [-0.25, -0.2) is 0 Å². The Bertz CT molecular complexity index is 615. The molecule has 1 saturated heterocycles. The molecule has 0 atom stereocenters. The van der Waals surface area contributed by atoms with E-state index in [4.69, 9.17) is 4.74 Å². The molecule has 3 N–H and O–H groups in total. The van der Waals surface area contributed by atoms with Gasteiger partial charge in [-0.1, -0.05) is 37.4 Å². The lowest BCUT2D eigenvalue weighted by molar-refractivity contribution is 0.128. The third kappa shape index (κ3) is 10.8. The number of aliphatic imine (C=N–C) groups is 1. The zero-order chi connectivity index (χ0) is 21.3. The molecule has 0 spiro atoms. The van der Waals surface area contributed by atoms with Gasteiger partial charge in [0.1, 0.15) is 0 Å². The monoisotopic (exact) mass is 413 g/mol. The van der Waals surface area contributed by atoms with E-state index in [1.807, 2.05) is 0 Å². The SMILES string of the molecule is C=CN=C(C=C)CNCc1ccc(CN2CCNCCCOCCCNCC2)cc1. The van der Waals surface area contributed by atoms with Crippen LogP contribution in [0.5, 0.6) is 0 Å². The van der Waals surface area contributed by atoms with Gasteiger partial charge in [-0.15, -0.1) is 0 Å². The predicted octanol–water partition coefficient (Wildman–Crippen LogP) is 2.34. The Hall–Kier alpha value is -1.83. The van der Waals surface area contributed by atoms with Crippen molar-refractivity contribution in [1.29, 1.82) is 0 Å². The Kier molecular flexibility index (Phi) is 13.0. The summed E-state index contributed by atoms with van der Waals surface area (Å²) in [5, 5.41) is 10.5. The summed E-state index contributed by atoms with van der Waals surface area (Å²) in [5.41, 5.74) is 3.53. The van der Waals surface area contributed by atoms with E-state index in [9.17, 15) is 0 Å². The second-order valence-corrected chi connectivity index (χ2v) is 7.52. The van der Waals surface area contributed by atoms with Crippen molar-refractivity contribution < 1.29 is 4.74 Å². The summed E-state index contributed by atoms with van der Waals surface area (Å²) in [5.74, 6) is 0. The lowest BCUT2D eigenvalue weighted by Gasteiger charge is -2.23. The third-order valence-electron chi connectivity index (χ3n) is 5.05. The van der Waals surface area contributed by atoms with E-state index >= 15 is 0 Å². The molecule has 1 aromatic carbocycles. The largest absolute Gasteiger partial charge is 0.381 e. The predicted molar refractivity (Wildman–Crippen MR) is 127 cm³/mol. The molecule has 0 aliphatic carbocycles. The van der Waals surface area contributed by atoms with Crippen LogP contribution in [0.15, 0.2) is 54.7 Å². The van der Waals surface area contributed by atoms with Crippen molar-refractivity contribution in [2.24, 2.45) is 4.99 Å². The average Bonchev–Trinajstić information content (AvgIpc) is 2.77. The first-order valence-electron chi connectivity index (χ1n) is 11.1. The van der Waals surface area contributed by atoms with E-state index in [-0.39, 0.29) is 0 Å². The fraction of sp³-hybridized carbons (Fsp3) is 0.542. The molecular weight excluding hydrogens is 374 g/mol. The van der Waals surface area contributed by atoms with E-state index in [2.05, 4.69) is 63.3 Å². The second-order valence-electron chi connectivity index (χ2n) is 7.52. The molecule has 1 aliphatic rings. The van der Waals surface area contributed by atoms with Crippen molar-refractivity contribution in [2.75, 3.05) is 59.0 Å². The van der Waals surface area contributed by atoms with E-state index in [0.717, 1.165) is 84.1 Å². The smallest absolute Gasteiger partial charge is 0.0535 e. The molecule has 0 unspecified atom stereocenters. The van der Waals surface area contributed by atoms with E-state index in [0.29, 0.717) is 6.54 Å². The molecule has 0 aromatic heterocycles. The second kappa shape index (κ2) is 15.9. The molecule has 1 fully saturated rings. The van der Waals surface area contributed by atoms with Crippen LogP contribution in [0.2, 0.25) is 0 Å². The Morgan fingerprint density at radius 3 is 2.23 bits per heavy atom. The molecule has 2 rings (SSSR count). The van der Waals surface area contributed by atoms with Crippen LogP contribution in [0.4, 0.5) is 0 Å². The number of hydrogen-bond acceptors (Lipinski definition) is 6. The standard InChI is InChI=1S/C24H39N5O/c1-3-24(28-4-2)20-27-19-22-7-9-23(10-8-22)21-29-15-13-25-11-5-17-30-18-6-12-26-14-16-29/h3-4,7-10,25-27H,1-2,5-6,11-21H2. The molecule has 6 nitrogen and oxygen atoms in total. The Morgan fingerprint density at radius 2 is 1.63 bits per heavy atom. The molecule has 166 valence electrons. The van der Waals surface area contributed by atoms with Crippen molar-refractivity contribution in [3.8, 4) is 0 Å². The van der Waals surface area contributed by atoms with Crippen molar-refractivity contribution in [2.45, 2.75) is 25.9 Å². The van der Waals surface area contributed by atoms with Gasteiger partial charge in [-0.3, -0.25) is 9.89 Å². The topological polar surface area (TPSA) is 60.9 Å². The van der Waals surface area contributed by atoms with Crippen molar-refractivity contribution >= 4 is 5.71 Å². The number of hydrogen-bond donors (Lipinski definition) is 3. The normalized spacial score (nSPS) is 18.5. The molecule has 0 radical (unpaired) electrons.